The minimum Gasteiger partial charge on any atom is -0.496 e. The summed E-state index contributed by atoms with van der Waals surface area (Å²) in [6.07, 6.45) is 0. The van der Waals surface area contributed by atoms with Crippen molar-refractivity contribution in [2.75, 3.05) is 20.2 Å². The highest BCUT2D eigenvalue weighted by molar-refractivity contribution is 7.89. The fourth-order valence-electron chi connectivity index (χ4n) is 1.68. The van der Waals surface area contributed by atoms with Crippen molar-refractivity contribution in [3.8, 4) is 5.75 Å². The van der Waals surface area contributed by atoms with Crippen LogP contribution < -0.4 is 4.74 Å². The van der Waals surface area contributed by atoms with Crippen LogP contribution >= 0.6 is 0 Å². The molecule has 6 nitrogen and oxygen atoms in total. The molecule has 0 amide bonds. The Bertz CT molecular complexity index is 567. The highest BCUT2D eigenvalue weighted by atomic mass is 32.2. The monoisotopic (exact) mass is 287 g/mol. The lowest BCUT2D eigenvalue weighted by Crippen LogP contribution is -2.35. The number of hydrogen-bond acceptors (Lipinski definition) is 4. The van der Waals surface area contributed by atoms with E-state index >= 15 is 0 Å². The van der Waals surface area contributed by atoms with Crippen molar-refractivity contribution < 1.29 is 23.1 Å². The molecule has 0 saturated heterocycles. The van der Waals surface area contributed by atoms with Gasteiger partial charge in [-0.2, -0.15) is 4.31 Å². The van der Waals surface area contributed by atoms with Gasteiger partial charge in [-0.3, -0.25) is 4.79 Å². The van der Waals surface area contributed by atoms with Crippen LogP contribution in [0.1, 0.15) is 12.5 Å². The molecule has 1 aromatic rings. The molecule has 0 aliphatic rings. The maximum atomic E-state index is 12.3. The van der Waals surface area contributed by atoms with E-state index in [1.54, 1.807) is 19.9 Å². The molecular weight excluding hydrogens is 270 g/mol. The van der Waals surface area contributed by atoms with Gasteiger partial charge < -0.3 is 9.84 Å². The average molecular weight is 287 g/mol. The van der Waals surface area contributed by atoms with Crippen LogP contribution in [0.3, 0.4) is 0 Å². The van der Waals surface area contributed by atoms with Crippen molar-refractivity contribution in [3.05, 3.63) is 23.8 Å². The quantitative estimate of drug-likeness (QED) is 0.847. The van der Waals surface area contributed by atoms with Gasteiger partial charge in [-0.25, -0.2) is 8.42 Å². The molecule has 0 bridgehead atoms. The van der Waals surface area contributed by atoms with E-state index < -0.39 is 22.5 Å². The number of ether oxygens (including phenoxy) is 1. The molecule has 0 heterocycles. The van der Waals surface area contributed by atoms with Crippen LogP contribution in [0.15, 0.2) is 23.1 Å². The lowest BCUT2D eigenvalue weighted by molar-refractivity contribution is -0.137. The molecule has 0 aromatic heterocycles. The number of hydrogen-bond donors (Lipinski definition) is 1. The Kier molecular flexibility index (Phi) is 4.90. The Labute approximate surface area is 112 Å². The fraction of sp³-hybridized carbons (Fsp3) is 0.417. The van der Waals surface area contributed by atoms with E-state index in [1.165, 1.54) is 19.2 Å². The van der Waals surface area contributed by atoms with E-state index in [-0.39, 0.29) is 11.4 Å². The first-order chi connectivity index (χ1) is 8.82. The second-order valence-corrected chi connectivity index (χ2v) is 5.89. The smallest absolute Gasteiger partial charge is 0.318 e. The highest BCUT2D eigenvalue weighted by Gasteiger charge is 2.25. The Morgan fingerprint density at radius 1 is 1.42 bits per heavy atom. The highest BCUT2D eigenvalue weighted by Crippen LogP contribution is 2.23. The molecule has 106 valence electrons. The summed E-state index contributed by atoms with van der Waals surface area (Å²) in [6.45, 7) is 2.87. The van der Waals surface area contributed by atoms with Gasteiger partial charge in [-0.1, -0.05) is 6.92 Å². The summed E-state index contributed by atoms with van der Waals surface area (Å²) >= 11 is 0. The normalized spacial score (nSPS) is 11.6. The zero-order chi connectivity index (χ0) is 14.6. The summed E-state index contributed by atoms with van der Waals surface area (Å²) in [6, 6.07) is 4.43. The first-order valence-corrected chi connectivity index (χ1v) is 7.13. The summed E-state index contributed by atoms with van der Waals surface area (Å²) in [5, 5.41) is 8.74. The number of methoxy groups -OCH3 is 1. The van der Waals surface area contributed by atoms with Gasteiger partial charge in [-0.15, -0.1) is 0 Å². The molecule has 0 aliphatic heterocycles. The Hall–Kier alpha value is -1.60. The van der Waals surface area contributed by atoms with Gasteiger partial charge >= 0.3 is 5.97 Å². The third-order valence-corrected chi connectivity index (χ3v) is 4.59. The molecule has 0 aliphatic carbocycles. The Morgan fingerprint density at radius 3 is 2.47 bits per heavy atom. The third kappa shape index (κ3) is 3.45. The molecule has 7 heteroatoms. The largest absolute Gasteiger partial charge is 0.496 e. The third-order valence-electron chi connectivity index (χ3n) is 2.67. The number of benzene rings is 1. The maximum absolute atomic E-state index is 12.3. The topological polar surface area (TPSA) is 83.9 Å². The summed E-state index contributed by atoms with van der Waals surface area (Å²) in [5.74, 6) is -0.601. The number of rotatable bonds is 6. The Morgan fingerprint density at radius 2 is 2.05 bits per heavy atom. The minimum absolute atomic E-state index is 0.0638. The molecule has 0 saturated carbocycles. The number of sulfonamides is 1. The van der Waals surface area contributed by atoms with Crippen LogP contribution in [0.2, 0.25) is 0 Å². The second kappa shape index (κ2) is 6.03. The van der Waals surface area contributed by atoms with Gasteiger partial charge in [0.15, 0.2) is 0 Å². The molecule has 0 fully saturated rings. The molecule has 0 radical (unpaired) electrons. The number of nitrogens with zero attached hydrogens (tertiary/aromatic N) is 1. The first kappa shape index (κ1) is 15.5. The van der Waals surface area contributed by atoms with Crippen molar-refractivity contribution in [1.82, 2.24) is 4.31 Å². The van der Waals surface area contributed by atoms with Crippen molar-refractivity contribution in [3.63, 3.8) is 0 Å². The standard InChI is InChI=1S/C12H17NO5S/c1-4-13(8-12(14)15)19(16,17)10-5-6-11(18-3)9(2)7-10/h5-7H,4,8H2,1-3H3,(H,14,15). The zero-order valence-electron chi connectivity index (χ0n) is 11.1. The molecule has 1 N–H and O–H groups in total. The molecular formula is C12H17NO5S. The van der Waals surface area contributed by atoms with E-state index in [1.807, 2.05) is 0 Å². The summed E-state index contributed by atoms with van der Waals surface area (Å²) in [7, 11) is -2.30. The number of carboxylic acid groups (broad SMARTS) is 1. The van der Waals surface area contributed by atoms with E-state index in [2.05, 4.69) is 0 Å². The van der Waals surface area contributed by atoms with Gasteiger partial charge in [-0.05, 0) is 30.7 Å². The first-order valence-electron chi connectivity index (χ1n) is 5.69. The Balaban J connectivity index is 3.18. The second-order valence-electron chi connectivity index (χ2n) is 3.96. The van der Waals surface area contributed by atoms with Gasteiger partial charge in [0.05, 0.1) is 12.0 Å². The summed E-state index contributed by atoms with van der Waals surface area (Å²) in [5.41, 5.74) is 0.676. The van der Waals surface area contributed by atoms with Gasteiger partial charge in [0.1, 0.15) is 12.3 Å². The predicted octanol–water partition coefficient (Wildman–Crippen LogP) is 1.10. The van der Waals surface area contributed by atoms with Gasteiger partial charge in [0.2, 0.25) is 10.0 Å². The van der Waals surface area contributed by atoms with Crippen LogP contribution in [-0.4, -0.2) is 44.0 Å². The van der Waals surface area contributed by atoms with E-state index in [0.717, 1.165) is 4.31 Å². The lowest BCUT2D eigenvalue weighted by atomic mass is 10.2. The molecule has 19 heavy (non-hydrogen) atoms. The molecule has 1 rings (SSSR count). The fourth-order valence-corrected chi connectivity index (χ4v) is 3.16. The molecule has 0 unspecified atom stereocenters. The van der Waals surface area contributed by atoms with Gasteiger partial charge in [0, 0.05) is 6.54 Å². The van der Waals surface area contributed by atoms with Crippen LogP contribution in [0.4, 0.5) is 0 Å². The number of carbonyl (C=O) groups is 1. The number of aliphatic carboxylic acids is 1. The lowest BCUT2D eigenvalue weighted by Gasteiger charge is -2.19. The minimum atomic E-state index is -3.80. The van der Waals surface area contributed by atoms with Crippen LogP contribution in [0.5, 0.6) is 5.75 Å². The number of aryl methyl sites for hydroxylation is 1. The molecule has 1 aromatic carbocycles. The van der Waals surface area contributed by atoms with E-state index in [0.29, 0.717) is 11.3 Å². The van der Waals surface area contributed by atoms with Gasteiger partial charge in [0.25, 0.3) is 0 Å². The predicted molar refractivity (Wildman–Crippen MR) is 69.8 cm³/mol. The van der Waals surface area contributed by atoms with Crippen molar-refractivity contribution in [1.29, 1.82) is 0 Å². The molecule has 0 spiro atoms. The van der Waals surface area contributed by atoms with Crippen LogP contribution in [0.25, 0.3) is 0 Å². The van der Waals surface area contributed by atoms with Crippen LogP contribution in [0, 0.1) is 6.92 Å². The van der Waals surface area contributed by atoms with Crippen molar-refractivity contribution in [2.24, 2.45) is 0 Å². The summed E-state index contributed by atoms with van der Waals surface area (Å²) < 4.78 is 30.5. The number of carboxylic acids is 1. The van der Waals surface area contributed by atoms with Crippen molar-refractivity contribution >= 4 is 16.0 Å². The van der Waals surface area contributed by atoms with Crippen LogP contribution in [-0.2, 0) is 14.8 Å². The maximum Gasteiger partial charge on any atom is 0.318 e. The number of likely N-dealkylation sites (N-methyl/N-ethyl adjacent to an activating group) is 1. The van der Waals surface area contributed by atoms with E-state index in [9.17, 15) is 13.2 Å². The SMILES string of the molecule is CCN(CC(=O)O)S(=O)(=O)c1ccc(OC)c(C)c1. The summed E-state index contributed by atoms with van der Waals surface area (Å²) in [4.78, 5) is 10.8. The average Bonchev–Trinajstić information content (AvgIpc) is 2.35. The zero-order valence-corrected chi connectivity index (χ0v) is 11.9. The van der Waals surface area contributed by atoms with E-state index in [4.69, 9.17) is 9.84 Å². The van der Waals surface area contributed by atoms with Crippen molar-refractivity contribution in [2.45, 2.75) is 18.7 Å². The molecule has 0 atom stereocenters.